The first-order valence-electron chi connectivity index (χ1n) is 6.97. The SMILES string of the molecule is CCCc1c(NN)ncnc1NCC1CCCOC1. The van der Waals surface area contributed by atoms with E-state index in [0.717, 1.165) is 50.4 Å². The van der Waals surface area contributed by atoms with Crippen molar-refractivity contribution in [1.29, 1.82) is 0 Å². The second kappa shape index (κ2) is 7.25. The monoisotopic (exact) mass is 265 g/mol. The highest BCUT2D eigenvalue weighted by atomic mass is 16.5. The lowest BCUT2D eigenvalue weighted by Crippen LogP contribution is -2.25. The maximum absolute atomic E-state index is 5.50. The fraction of sp³-hybridized carbons (Fsp3) is 0.692. The molecule has 0 spiro atoms. The fourth-order valence-corrected chi connectivity index (χ4v) is 2.39. The molecule has 1 unspecified atom stereocenters. The van der Waals surface area contributed by atoms with Gasteiger partial charge in [0.25, 0.3) is 0 Å². The molecule has 6 heteroatoms. The highest BCUT2D eigenvalue weighted by molar-refractivity contribution is 5.56. The van der Waals surface area contributed by atoms with Crippen molar-refractivity contribution in [2.24, 2.45) is 11.8 Å². The Labute approximate surface area is 114 Å². The number of anilines is 2. The summed E-state index contributed by atoms with van der Waals surface area (Å²) in [4.78, 5) is 8.49. The zero-order chi connectivity index (χ0) is 13.5. The Morgan fingerprint density at radius 2 is 2.26 bits per heavy atom. The third-order valence-electron chi connectivity index (χ3n) is 3.39. The molecule has 0 aliphatic carbocycles. The quantitative estimate of drug-likeness (QED) is 0.534. The van der Waals surface area contributed by atoms with Gasteiger partial charge in [-0.15, -0.1) is 0 Å². The van der Waals surface area contributed by atoms with Crippen molar-refractivity contribution in [1.82, 2.24) is 9.97 Å². The maximum Gasteiger partial charge on any atom is 0.148 e. The van der Waals surface area contributed by atoms with Gasteiger partial charge >= 0.3 is 0 Å². The molecule has 1 aliphatic heterocycles. The van der Waals surface area contributed by atoms with Crippen LogP contribution in [0.1, 0.15) is 31.7 Å². The first-order valence-corrected chi connectivity index (χ1v) is 6.97. The van der Waals surface area contributed by atoms with Crippen LogP contribution in [0.4, 0.5) is 11.6 Å². The average molecular weight is 265 g/mol. The van der Waals surface area contributed by atoms with Crippen LogP contribution >= 0.6 is 0 Å². The van der Waals surface area contributed by atoms with E-state index in [1.807, 2.05) is 0 Å². The minimum Gasteiger partial charge on any atom is -0.381 e. The Hall–Kier alpha value is -1.40. The number of hydrogen-bond acceptors (Lipinski definition) is 6. The number of hydrogen-bond donors (Lipinski definition) is 3. The molecule has 1 fully saturated rings. The Balaban J connectivity index is 2.01. The summed E-state index contributed by atoms with van der Waals surface area (Å²) in [5.41, 5.74) is 3.70. The standard InChI is InChI=1S/C13H23N5O/c1-2-4-11-12(16-9-17-13(11)18-14)15-7-10-5-3-6-19-8-10/h9-10H,2-8,14H2,1H3,(H2,15,16,17,18). The second-order valence-electron chi connectivity index (χ2n) is 4.91. The molecule has 0 bridgehead atoms. The molecule has 1 aromatic rings. The number of nitrogen functional groups attached to an aromatic ring is 1. The smallest absolute Gasteiger partial charge is 0.148 e. The molecule has 0 radical (unpaired) electrons. The number of aromatic nitrogens is 2. The van der Waals surface area contributed by atoms with E-state index in [1.54, 1.807) is 0 Å². The highest BCUT2D eigenvalue weighted by Crippen LogP contribution is 2.22. The minimum atomic E-state index is 0.562. The normalized spacial score (nSPS) is 19.2. The number of ether oxygens (including phenoxy) is 1. The van der Waals surface area contributed by atoms with Crippen LogP contribution in [0, 0.1) is 5.92 Å². The average Bonchev–Trinajstić information content (AvgIpc) is 2.47. The molecule has 0 aromatic carbocycles. The summed E-state index contributed by atoms with van der Waals surface area (Å²) in [6.45, 7) is 4.75. The highest BCUT2D eigenvalue weighted by Gasteiger charge is 2.15. The van der Waals surface area contributed by atoms with Crippen molar-refractivity contribution in [3.05, 3.63) is 11.9 Å². The summed E-state index contributed by atoms with van der Waals surface area (Å²) in [7, 11) is 0. The van der Waals surface area contributed by atoms with Gasteiger partial charge in [-0.2, -0.15) is 0 Å². The van der Waals surface area contributed by atoms with E-state index in [9.17, 15) is 0 Å². The third-order valence-corrected chi connectivity index (χ3v) is 3.39. The van der Waals surface area contributed by atoms with Crippen molar-refractivity contribution in [3.63, 3.8) is 0 Å². The molecule has 4 N–H and O–H groups in total. The van der Waals surface area contributed by atoms with Crippen molar-refractivity contribution in [3.8, 4) is 0 Å². The van der Waals surface area contributed by atoms with Gasteiger partial charge in [0.1, 0.15) is 18.0 Å². The largest absolute Gasteiger partial charge is 0.381 e. The lowest BCUT2D eigenvalue weighted by molar-refractivity contribution is 0.0594. The number of nitrogens with zero attached hydrogens (tertiary/aromatic N) is 2. The molecule has 2 rings (SSSR count). The van der Waals surface area contributed by atoms with Gasteiger partial charge in [-0.1, -0.05) is 13.3 Å². The molecule has 0 saturated carbocycles. The van der Waals surface area contributed by atoms with Crippen molar-refractivity contribution < 1.29 is 4.74 Å². The van der Waals surface area contributed by atoms with Crippen molar-refractivity contribution in [2.75, 3.05) is 30.5 Å². The third kappa shape index (κ3) is 3.78. The zero-order valence-corrected chi connectivity index (χ0v) is 11.5. The minimum absolute atomic E-state index is 0.562. The first-order chi connectivity index (χ1) is 9.35. The lowest BCUT2D eigenvalue weighted by Gasteiger charge is -2.23. The van der Waals surface area contributed by atoms with Crippen LogP contribution in [0.15, 0.2) is 6.33 Å². The van der Waals surface area contributed by atoms with Gasteiger partial charge in [0.2, 0.25) is 0 Å². The molecule has 0 amide bonds. The van der Waals surface area contributed by atoms with Crippen LogP contribution in [0.2, 0.25) is 0 Å². The summed E-state index contributed by atoms with van der Waals surface area (Å²) in [5, 5.41) is 3.42. The summed E-state index contributed by atoms with van der Waals surface area (Å²) < 4.78 is 5.49. The van der Waals surface area contributed by atoms with Crippen LogP contribution in [0.3, 0.4) is 0 Å². The Morgan fingerprint density at radius 3 is 2.95 bits per heavy atom. The van der Waals surface area contributed by atoms with E-state index in [-0.39, 0.29) is 0 Å². The molecule has 1 aromatic heterocycles. The molecule has 1 aliphatic rings. The predicted octanol–water partition coefficient (Wildman–Crippen LogP) is 1.55. The summed E-state index contributed by atoms with van der Waals surface area (Å²) >= 11 is 0. The molecular formula is C13H23N5O. The Kier molecular flexibility index (Phi) is 5.35. The predicted molar refractivity (Wildman–Crippen MR) is 75.9 cm³/mol. The van der Waals surface area contributed by atoms with Crippen LogP contribution in [-0.2, 0) is 11.2 Å². The summed E-state index contributed by atoms with van der Waals surface area (Å²) in [5.74, 6) is 7.66. The number of nitrogens with two attached hydrogens (primary N) is 1. The van der Waals surface area contributed by atoms with Crippen LogP contribution in [0.5, 0.6) is 0 Å². The molecule has 19 heavy (non-hydrogen) atoms. The van der Waals surface area contributed by atoms with Gasteiger partial charge in [-0.3, -0.25) is 0 Å². The van der Waals surface area contributed by atoms with E-state index >= 15 is 0 Å². The van der Waals surface area contributed by atoms with Gasteiger partial charge in [0.05, 0.1) is 6.61 Å². The van der Waals surface area contributed by atoms with Crippen molar-refractivity contribution >= 4 is 11.6 Å². The molecule has 1 saturated heterocycles. The number of rotatable bonds is 6. The zero-order valence-electron chi connectivity index (χ0n) is 11.5. The molecule has 2 heterocycles. The van der Waals surface area contributed by atoms with E-state index < -0.39 is 0 Å². The Morgan fingerprint density at radius 1 is 1.42 bits per heavy atom. The summed E-state index contributed by atoms with van der Waals surface area (Å²) in [6.07, 6.45) is 5.83. The maximum atomic E-state index is 5.50. The topological polar surface area (TPSA) is 85.1 Å². The van der Waals surface area contributed by atoms with Gasteiger partial charge in [-0.05, 0) is 25.2 Å². The Bertz CT molecular complexity index is 393. The fourth-order valence-electron chi connectivity index (χ4n) is 2.39. The van der Waals surface area contributed by atoms with Gasteiger partial charge in [0.15, 0.2) is 0 Å². The first kappa shape index (κ1) is 14.0. The van der Waals surface area contributed by atoms with Gasteiger partial charge in [-0.25, -0.2) is 15.8 Å². The van der Waals surface area contributed by atoms with Gasteiger partial charge < -0.3 is 15.5 Å². The summed E-state index contributed by atoms with van der Waals surface area (Å²) in [6, 6.07) is 0. The molecular weight excluding hydrogens is 242 g/mol. The molecule has 106 valence electrons. The van der Waals surface area contributed by atoms with Gasteiger partial charge in [0, 0.05) is 18.7 Å². The van der Waals surface area contributed by atoms with E-state index in [1.165, 1.54) is 12.7 Å². The van der Waals surface area contributed by atoms with E-state index in [0.29, 0.717) is 11.7 Å². The van der Waals surface area contributed by atoms with Crippen LogP contribution in [-0.4, -0.2) is 29.7 Å². The molecule has 6 nitrogen and oxygen atoms in total. The van der Waals surface area contributed by atoms with Crippen LogP contribution < -0.4 is 16.6 Å². The molecule has 1 atom stereocenters. The van der Waals surface area contributed by atoms with Crippen molar-refractivity contribution in [2.45, 2.75) is 32.6 Å². The van der Waals surface area contributed by atoms with E-state index in [4.69, 9.17) is 10.6 Å². The van der Waals surface area contributed by atoms with Crippen LogP contribution in [0.25, 0.3) is 0 Å². The second-order valence-corrected chi connectivity index (χ2v) is 4.91. The lowest BCUT2D eigenvalue weighted by atomic mass is 10.0. The van der Waals surface area contributed by atoms with E-state index in [2.05, 4.69) is 27.6 Å². The number of hydrazine groups is 1. The number of nitrogens with one attached hydrogen (secondary N) is 2.